The van der Waals surface area contributed by atoms with Gasteiger partial charge in [-0.1, -0.05) is 19.4 Å². The highest BCUT2D eigenvalue weighted by atomic mass is 32.2. The fourth-order valence-corrected chi connectivity index (χ4v) is 3.19. The van der Waals surface area contributed by atoms with Gasteiger partial charge in [-0.3, -0.25) is 0 Å². The number of unbranched alkanes of at least 4 members (excludes halogenated alkanes) is 1. The van der Waals surface area contributed by atoms with Crippen molar-refractivity contribution in [1.29, 1.82) is 0 Å². The van der Waals surface area contributed by atoms with E-state index in [1.165, 1.54) is 28.9 Å². The van der Waals surface area contributed by atoms with Gasteiger partial charge in [0.1, 0.15) is 0 Å². The molecule has 1 aromatic rings. The SMILES string of the molecule is CCCCC1=CNc2cccc(SC)c2C1CO. The molecule has 1 aliphatic rings. The maximum atomic E-state index is 9.75. The zero-order chi connectivity index (χ0) is 13.0. The van der Waals surface area contributed by atoms with Crippen molar-refractivity contribution in [1.82, 2.24) is 0 Å². The average molecular weight is 263 g/mol. The van der Waals surface area contributed by atoms with Crippen LogP contribution in [0.4, 0.5) is 5.69 Å². The summed E-state index contributed by atoms with van der Waals surface area (Å²) in [6, 6.07) is 6.29. The van der Waals surface area contributed by atoms with Crippen LogP contribution in [0.25, 0.3) is 0 Å². The van der Waals surface area contributed by atoms with E-state index >= 15 is 0 Å². The van der Waals surface area contributed by atoms with E-state index in [2.05, 4.69) is 42.9 Å². The second-order valence-electron chi connectivity index (χ2n) is 4.62. The van der Waals surface area contributed by atoms with Crippen LogP contribution in [-0.4, -0.2) is 18.0 Å². The van der Waals surface area contributed by atoms with E-state index in [-0.39, 0.29) is 12.5 Å². The number of fused-ring (bicyclic) bond motifs is 1. The monoisotopic (exact) mass is 263 g/mol. The molecule has 3 heteroatoms. The van der Waals surface area contributed by atoms with E-state index in [0.717, 1.165) is 12.1 Å². The first kappa shape index (κ1) is 13.5. The van der Waals surface area contributed by atoms with E-state index in [9.17, 15) is 5.11 Å². The van der Waals surface area contributed by atoms with Crippen LogP contribution < -0.4 is 5.32 Å². The Balaban J connectivity index is 2.34. The Morgan fingerprint density at radius 3 is 2.89 bits per heavy atom. The number of aliphatic hydroxyl groups is 1. The summed E-state index contributed by atoms with van der Waals surface area (Å²) in [6.45, 7) is 2.40. The Labute approximate surface area is 113 Å². The minimum absolute atomic E-state index is 0.163. The molecule has 0 fully saturated rings. The van der Waals surface area contributed by atoms with Crippen molar-refractivity contribution < 1.29 is 5.11 Å². The zero-order valence-electron chi connectivity index (χ0n) is 11.1. The zero-order valence-corrected chi connectivity index (χ0v) is 11.9. The third-order valence-electron chi connectivity index (χ3n) is 3.50. The number of benzene rings is 1. The normalized spacial score (nSPS) is 17.9. The summed E-state index contributed by atoms with van der Waals surface area (Å²) in [4.78, 5) is 1.26. The quantitative estimate of drug-likeness (QED) is 0.788. The van der Waals surface area contributed by atoms with Crippen molar-refractivity contribution in [3.63, 3.8) is 0 Å². The molecule has 0 bridgehead atoms. The van der Waals surface area contributed by atoms with Gasteiger partial charge < -0.3 is 10.4 Å². The number of hydrogen-bond acceptors (Lipinski definition) is 3. The molecule has 0 amide bonds. The predicted molar refractivity (Wildman–Crippen MR) is 79.3 cm³/mol. The highest BCUT2D eigenvalue weighted by Gasteiger charge is 2.24. The molecule has 0 radical (unpaired) electrons. The van der Waals surface area contributed by atoms with E-state index < -0.39 is 0 Å². The highest BCUT2D eigenvalue weighted by Crippen LogP contribution is 2.41. The lowest BCUT2D eigenvalue weighted by molar-refractivity contribution is 0.275. The second-order valence-corrected chi connectivity index (χ2v) is 5.47. The van der Waals surface area contributed by atoms with Crippen LogP contribution in [0.15, 0.2) is 34.9 Å². The van der Waals surface area contributed by atoms with E-state index in [4.69, 9.17) is 0 Å². The summed E-state index contributed by atoms with van der Waals surface area (Å²) in [7, 11) is 0. The molecule has 0 aromatic heterocycles. The van der Waals surface area contributed by atoms with Crippen molar-refractivity contribution in [3.05, 3.63) is 35.5 Å². The summed E-state index contributed by atoms with van der Waals surface area (Å²) < 4.78 is 0. The molecule has 1 heterocycles. The van der Waals surface area contributed by atoms with Gasteiger partial charge in [-0.25, -0.2) is 0 Å². The fraction of sp³-hybridized carbons (Fsp3) is 0.467. The number of anilines is 1. The van der Waals surface area contributed by atoms with Crippen LogP contribution in [0.1, 0.15) is 37.7 Å². The molecule has 1 aliphatic heterocycles. The summed E-state index contributed by atoms with van der Waals surface area (Å²) >= 11 is 1.75. The van der Waals surface area contributed by atoms with Crippen molar-refractivity contribution in [2.45, 2.75) is 37.0 Å². The lowest BCUT2D eigenvalue weighted by Crippen LogP contribution is -2.16. The van der Waals surface area contributed by atoms with Gasteiger partial charge in [0.2, 0.25) is 0 Å². The molecule has 18 heavy (non-hydrogen) atoms. The van der Waals surface area contributed by atoms with Crippen molar-refractivity contribution >= 4 is 17.4 Å². The molecule has 98 valence electrons. The number of nitrogens with one attached hydrogen (secondary N) is 1. The Morgan fingerprint density at radius 1 is 1.39 bits per heavy atom. The van der Waals surface area contributed by atoms with Crippen molar-refractivity contribution in [2.75, 3.05) is 18.2 Å². The molecule has 1 aromatic carbocycles. The fourth-order valence-electron chi connectivity index (χ4n) is 2.50. The van der Waals surface area contributed by atoms with Crippen molar-refractivity contribution in [2.24, 2.45) is 0 Å². The number of thioether (sulfide) groups is 1. The molecule has 2 N–H and O–H groups in total. The van der Waals surface area contributed by atoms with E-state index in [0.29, 0.717) is 0 Å². The Kier molecular flexibility index (Phi) is 4.72. The van der Waals surface area contributed by atoms with Crippen LogP contribution in [-0.2, 0) is 0 Å². The largest absolute Gasteiger partial charge is 0.395 e. The van der Waals surface area contributed by atoms with Gasteiger partial charge in [0.25, 0.3) is 0 Å². The Morgan fingerprint density at radius 2 is 2.22 bits per heavy atom. The highest BCUT2D eigenvalue weighted by molar-refractivity contribution is 7.98. The molecule has 0 saturated heterocycles. The van der Waals surface area contributed by atoms with Gasteiger partial charge in [0.15, 0.2) is 0 Å². The molecule has 2 nitrogen and oxygen atoms in total. The molecular weight excluding hydrogens is 242 g/mol. The van der Waals surface area contributed by atoms with Gasteiger partial charge in [-0.15, -0.1) is 11.8 Å². The Bertz CT molecular complexity index is 442. The summed E-state index contributed by atoms with van der Waals surface area (Å²) in [6.07, 6.45) is 7.61. The number of rotatable bonds is 5. The van der Waals surface area contributed by atoms with Crippen LogP contribution in [0, 0.1) is 0 Å². The van der Waals surface area contributed by atoms with E-state index in [1.54, 1.807) is 11.8 Å². The number of hydrogen-bond donors (Lipinski definition) is 2. The van der Waals surface area contributed by atoms with Crippen molar-refractivity contribution in [3.8, 4) is 0 Å². The van der Waals surface area contributed by atoms with Gasteiger partial charge >= 0.3 is 0 Å². The lowest BCUT2D eigenvalue weighted by Gasteiger charge is -2.28. The molecule has 1 unspecified atom stereocenters. The van der Waals surface area contributed by atoms with Crippen LogP contribution in [0.2, 0.25) is 0 Å². The lowest BCUT2D eigenvalue weighted by atomic mass is 9.86. The standard InChI is InChI=1S/C15H21NOS/c1-3-4-6-11-9-16-13-7-5-8-14(18-2)15(13)12(11)10-17/h5,7-9,12,16-17H,3-4,6,10H2,1-2H3. The van der Waals surface area contributed by atoms with E-state index in [1.807, 2.05) is 0 Å². The first-order chi connectivity index (χ1) is 8.81. The molecule has 0 aliphatic carbocycles. The maximum absolute atomic E-state index is 9.75. The third kappa shape index (κ3) is 2.57. The summed E-state index contributed by atoms with van der Waals surface area (Å²) in [5.41, 5.74) is 3.73. The van der Waals surface area contributed by atoms with Gasteiger partial charge in [-0.05, 0) is 42.4 Å². The molecular formula is C15H21NOS. The predicted octanol–water partition coefficient (Wildman–Crippen LogP) is 3.98. The topological polar surface area (TPSA) is 32.3 Å². The molecule has 1 atom stereocenters. The minimum Gasteiger partial charge on any atom is -0.395 e. The van der Waals surface area contributed by atoms with Gasteiger partial charge in [-0.2, -0.15) is 0 Å². The first-order valence-corrected chi connectivity index (χ1v) is 7.77. The summed E-state index contributed by atoms with van der Waals surface area (Å²) in [5, 5.41) is 13.1. The molecule has 0 saturated carbocycles. The minimum atomic E-state index is 0.163. The maximum Gasteiger partial charge on any atom is 0.0539 e. The van der Waals surface area contributed by atoms with Gasteiger partial charge in [0, 0.05) is 22.7 Å². The van der Waals surface area contributed by atoms with Gasteiger partial charge in [0.05, 0.1) is 6.61 Å². The molecule has 2 rings (SSSR count). The summed E-state index contributed by atoms with van der Waals surface area (Å²) in [5.74, 6) is 0.163. The molecule has 0 spiro atoms. The Hall–Kier alpha value is -0.930. The first-order valence-electron chi connectivity index (χ1n) is 6.55. The van der Waals surface area contributed by atoms with Crippen LogP contribution in [0.3, 0.4) is 0 Å². The third-order valence-corrected chi connectivity index (χ3v) is 4.29. The second kappa shape index (κ2) is 6.30. The van der Waals surface area contributed by atoms with Crippen LogP contribution >= 0.6 is 11.8 Å². The average Bonchev–Trinajstić information content (AvgIpc) is 2.43. The smallest absolute Gasteiger partial charge is 0.0539 e. The van der Waals surface area contributed by atoms with Crippen LogP contribution in [0.5, 0.6) is 0 Å². The number of aliphatic hydroxyl groups excluding tert-OH is 1.